The van der Waals surface area contributed by atoms with Crippen molar-refractivity contribution < 1.29 is 14.3 Å². The summed E-state index contributed by atoms with van der Waals surface area (Å²) in [6, 6.07) is 5.52. The lowest BCUT2D eigenvalue weighted by molar-refractivity contribution is -0.121. The summed E-state index contributed by atoms with van der Waals surface area (Å²) in [5.74, 6) is 2.12. The molecule has 0 bridgehead atoms. The van der Waals surface area contributed by atoms with E-state index in [0.29, 0.717) is 35.4 Å². The number of amides is 1. The first kappa shape index (κ1) is 21.8. The third kappa shape index (κ3) is 5.58. The maximum atomic E-state index is 12.4. The highest BCUT2D eigenvalue weighted by atomic mass is 16.5. The van der Waals surface area contributed by atoms with Gasteiger partial charge in [-0.3, -0.25) is 9.59 Å². The number of aromatic amines is 1. The molecule has 1 atom stereocenters. The molecular formula is C22H30N4O4. The number of aromatic nitrogens is 3. The third-order valence-corrected chi connectivity index (χ3v) is 5.51. The molecule has 1 aromatic carbocycles. The van der Waals surface area contributed by atoms with Crippen LogP contribution < -0.4 is 20.3 Å². The SMILES string of the molecule is CC[C@H](C)NC(=O)CCc1nnc(-c2ccc(OCC3CCC3)c(OC)c2)[nH]c1=O. The summed E-state index contributed by atoms with van der Waals surface area (Å²) in [4.78, 5) is 27.1. The molecule has 2 aromatic rings. The number of ether oxygens (including phenoxy) is 2. The summed E-state index contributed by atoms with van der Waals surface area (Å²) in [5.41, 5.74) is 0.569. The highest BCUT2D eigenvalue weighted by Crippen LogP contribution is 2.33. The Bertz CT molecular complexity index is 924. The molecule has 1 aromatic heterocycles. The number of nitrogens with zero attached hydrogens (tertiary/aromatic N) is 2. The zero-order valence-electron chi connectivity index (χ0n) is 17.9. The number of hydrogen-bond donors (Lipinski definition) is 2. The van der Waals surface area contributed by atoms with Gasteiger partial charge in [0, 0.05) is 24.4 Å². The van der Waals surface area contributed by atoms with Gasteiger partial charge in [0.1, 0.15) is 5.69 Å². The highest BCUT2D eigenvalue weighted by molar-refractivity contribution is 5.76. The predicted molar refractivity (Wildman–Crippen MR) is 114 cm³/mol. The standard InChI is InChI=1S/C22H30N4O4/c1-4-14(2)23-20(27)11-9-17-22(28)24-21(26-25-17)16-8-10-18(19(12-16)29-3)30-13-15-6-5-7-15/h8,10,12,14-15H,4-7,9,11,13H2,1-3H3,(H,23,27)(H,24,26,28)/t14-/m0/s1. The smallest absolute Gasteiger partial charge is 0.273 e. The van der Waals surface area contributed by atoms with Crippen molar-refractivity contribution in [1.82, 2.24) is 20.5 Å². The number of hydrogen-bond acceptors (Lipinski definition) is 6. The molecule has 1 saturated carbocycles. The molecule has 2 N–H and O–H groups in total. The molecule has 0 spiro atoms. The van der Waals surface area contributed by atoms with E-state index in [1.165, 1.54) is 19.3 Å². The number of carbonyl (C=O) groups is 1. The van der Waals surface area contributed by atoms with Crippen LogP contribution >= 0.6 is 0 Å². The van der Waals surface area contributed by atoms with E-state index in [2.05, 4.69) is 20.5 Å². The first-order valence-electron chi connectivity index (χ1n) is 10.6. The molecule has 8 nitrogen and oxygen atoms in total. The lowest BCUT2D eigenvalue weighted by Crippen LogP contribution is -2.32. The van der Waals surface area contributed by atoms with Crippen molar-refractivity contribution in [2.24, 2.45) is 5.92 Å². The minimum Gasteiger partial charge on any atom is -0.493 e. The molecular weight excluding hydrogens is 384 g/mol. The summed E-state index contributed by atoms with van der Waals surface area (Å²) in [7, 11) is 1.58. The lowest BCUT2D eigenvalue weighted by atomic mass is 9.86. The van der Waals surface area contributed by atoms with Gasteiger partial charge in [-0.1, -0.05) is 13.3 Å². The largest absolute Gasteiger partial charge is 0.493 e. The minimum absolute atomic E-state index is 0.100. The highest BCUT2D eigenvalue weighted by Gasteiger charge is 2.19. The van der Waals surface area contributed by atoms with Crippen molar-refractivity contribution in [2.45, 2.75) is 58.4 Å². The van der Waals surface area contributed by atoms with Crippen LogP contribution in [0.3, 0.4) is 0 Å². The molecule has 0 aliphatic heterocycles. The predicted octanol–water partition coefficient (Wildman–Crippen LogP) is 2.87. The van der Waals surface area contributed by atoms with Gasteiger partial charge < -0.3 is 19.8 Å². The fourth-order valence-electron chi connectivity index (χ4n) is 3.14. The molecule has 0 unspecified atom stereocenters. The molecule has 1 heterocycles. The van der Waals surface area contributed by atoms with Gasteiger partial charge in [0.25, 0.3) is 5.56 Å². The Hall–Kier alpha value is -2.90. The van der Waals surface area contributed by atoms with Crippen LogP contribution in [0, 0.1) is 5.92 Å². The van der Waals surface area contributed by atoms with Crippen LogP contribution in [-0.2, 0) is 11.2 Å². The van der Waals surface area contributed by atoms with Gasteiger partial charge in [0.05, 0.1) is 13.7 Å². The van der Waals surface area contributed by atoms with Crippen LogP contribution in [0.25, 0.3) is 11.4 Å². The number of methoxy groups -OCH3 is 1. The van der Waals surface area contributed by atoms with E-state index >= 15 is 0 Å². The molecule has 0 saturated heterocycles. The zero-order chi connectivity index (χ0) is 21.5. The number of benzene rings is 1. The van der Waals surface area contributed by atoms with Crippen LogP contribution in [0.4, 0.5) is 0 Å². The Morgan fingerprint density at radius 1 is 1.30 bits per heavy atom. The average Bonchev–Trinajstić information content (AvgIpc) is 2.71. The van der Waals surface area contributed by atoms with E-state index in [1.807, 2.05) is 26.0 Å². The summed E-state index contributed by atoms with van der Waals surface area (Å²) in [6.07, 6.45) is 4.99. The van der Waals surface area contributed by atoms with Gasteiger partial charge in [0.2, 0.25) is 5.91 Å². The van der Waals surface area contributed by atoms with Gasteiger partial charge in [-0.05, 0) is 50.3 Å². The van der Waals surface area contributed by atoms with Gasteiger partial charge >= 0.3 is 0 Å². The second-order valence-electron chi connectivity index (χ2n) is 7.80. The average molecular weight is 415 g/mol. The first-order chi connectivity index (χ1) is 14.5. The topological polar surface area (TPSA) is 106 Å². The molecule has 1 fully saturated rings. The molecule has 162 valence electrons. The monoisotopic (exact) mass is 414 g/mol. The third-order valence-electron chi connectivity index (χ3n) is 5.51. The van der Waals surface area contributed by atoms with Crippen molar-refractivity contribution in [2.75, 3.05) is 13.7 Å². The quantitative estimate of drug-likeness (QED) is 0.619. The fourth-order valence-corrected chi connectivity index (χ4v) is 3.14. The van der Waals surface area contributed by atoms with Crippen LogP contribution in [-0.4, -0.2) is 40.8 Å². The maximum absolute atomic E-state index is 12.4. The fraction of sp³-hybridized carbons (Fsp3) is 0.545. The molecule has 0 radical (unpaired) electrons. The molecule has 8 heteroatoms. The van der Waals surface area contributed by atoms with Gasteiger partial charge in [-0.15, -0.1) is 10.2 Å². The normalized spacial score (nSPS) is 14.6. The number of H-pyrrole nitrogens is 1. The minimum atomic E-state index is -0.347. The lowest BCUT2D eigenvalue weighted by Gasteiger charge is -2.25. The summed E-state index contributed by atoms with van der Waals surface area (Å²) < 4.78 is 11.3. The Kier molecular flexibility index (Phi) is 7.43. The van der Waals surface area contributed by atoms with Crippen molar-refractivity contribution in [1.29, 1.82) is 0 Å². The van der Waals surface area contributed by atoms with E-state index in [0.717, 1.165) is 6.42 Å². The van der Waals surface area contributed by atoms with Crippen molar-refractivity contribution in [3.63, 3.8) is 0 Å². The Labute approximate surface area is 176 Å². The first-order valence-corrected chi connectivity index (χ1v) is 10.6. The second kappa shape index (κ2) is 10.2. The van der Waals surface area contributed by atoms with Gasteiger partial charge in [0.15, 0.2) is 17.3 Å². The van der Waals surface area contributed by atoms with Crippen LogP contribution in [0.1, 0.15) is 51.6 Å². The molecule has 1 aliphatic rings. The summed E-state index contributed by atoms with van der Waals surface area (Å²) >= 11 is 0. The number of rotatable bonds is 10. The van der Waals surface area contributed by atoms with E-state index < -0.39 is 0 Å². The van der Waals surface area contributed by atoms with Crippen molar-refractivity contribution in [3.8, 4) is 22.9 Å². The molecule has 30 heavy (non-hydrogen) atoms. The van der Waals surface area contributed by atoms with Crippen LogP contribution in [0.2, 0.25) is 0 Å². The molecule has 1 amide bonds. The van der Waals surface area contributed by atoms with E-state index in [1.54, 1.807) is 13.2 Å². The number of aryl methyl sites for hydroxylation is 1. The zero-order valence-corrected chi connectivity index (χ0v) is 17.9. The maximum Gasteiger partial charge on any atom is 0.273 e. The molecule has 3 rings (SSSR count). The summed E-state index contributed by atoms with van der Waals surface area (Å²) in [6.45, 7) is 4.63. The molecule has 1 aliphatic carbocycles. The Morgan fingerprint density at radius 3 is 2.73 bits per heavy atom. The van der Waals surface area contributed by atoms with E-state index in [9.17, 15) is 9.59 Å². The number of nitrogens with one attached hydrogen (secondary N) is 2. The second-order valence-corrected chi connectivity index (χ2v) is 7.80. The Balaban J connectivity index is 1.66. The van der Waals surface area contributed by atoms with Crippen molar-refractivity contribution in [3.05, 3.63) is 34.2 Å². The summed E-state index contributed by atoms with van der Waals surface area (Å²) in [5, 5.41) is 11.0. The Morgan fingerprint density at radius 2 is 2.10 bits per heavy atom. The van der Waals surface area contributed by atoms with Crippen molar-refractivity contribution >= 4 is 5.91 Å². The van der Waals surface area contributed by atoms with Gasteiger partial charge in [-0.2, -0.15) is 0 Å². The van der Waals surface area contributed by atoms with Crippen LogP contribution in [0.5, 0.6) is 11.5 Å². The van der Waals surface area contributed by atoms with Crippen LogP contribution in [0.15, 0.2) is 23.0 Å². The number of carbonyl (C=O) groups excluding carboxylic acids is 1. The van der Waals surface area contributed by atoms with E-state index in [4.69, 9.17) is 9.47 Å². The van der Waals surface area contributed by atoms with E-state index in [-0.39, 0.29) is 36.0 Å². The van der Waals surface area contributed by atoms with Gasteiger partial charge in [-0.25, -0.2) is 0 Å².